The van der Waals surface area contributed by atoms with Crippen molar-refractivity contribution in [1.82, 2.24) is 9.88 Å². The Balaban J connectivity index is 2.79. The van der Waals surface area contributed by atoms with Gasteiger partial charge < -0.3 is 10.6 Å². The molecule has 1 amide bonds. The van der Waals surface area contributed by atoms with Crippen LogP contribution in [0, 0.1) is 0 Å². The molecule has 5 heteroatoms. The Hall–Kier alpha value is -1.29. The van der Waals surface area contributed by atoms with Crippen LogP contribution in [0.1, 0.15) is 30.1 Å². The van der Waals surface area contributed by atoms with Crippen molar-refractivity contribution >= 4 is 23.3 Å². The molecule has 0 spiro atoms. The van der Waals surface area contributed by atoms with Crippen LogP contribution in [0.3, 0.4) is 0 Å². The van der Waals surface area contributed by atoms with Crippen LogP contribution >= 0.6 is 11.6 Å². The summed E-state index contributed by atoms with van der Waals surface area (Å²) >= 11 is 5.74. The van der Waals surface area contributed by atoms with Crippen molar-refractivity contribution in [2.24, 2.45) is 0 Å². The molecular formula is C11H16ClN3O. The largest absolute Gasteiger partial charge is 0.384 e. The van der Waals surface area contributed by atoms with E-state index in [4.69, 9.17) is 17.3 Å². The highest BCUT2D eigenvalue weighted by atomic mass is 35.5. The number of nitrogen functional groups attached to an aromatic ring is 1. The second-order valence-corrected chi connectivity index (χ2v) is 4.07. The van der Waals surface area contributed by atoms with E-state index in [9.17, 15) is 4.79 Å². The highest BCUT2D eigenvalue weighted by Gasteiger charge is 2.12. The summed E-state index contributed by atoms with van der Waals surface area (Å²) in [5, 5.41) is 0.243. The molecule has 4 nitrogen and oxygen atoms in total. The van der Waals surface area contributed by atoms with Crippen molar-refractivity contribution in [2.75, 3.05) is 19.3 Å². The van der Waals surface area contributed by atoms with Gasteiger partial charge in [0.05, 0.1) is 0 Å². The number of aromatic nitrogens is 1. The maximum atomic E-state index is 11.9. The Morgan fingerprint density at radius 1 is 1.56 bits per heavy atom. The maximum Gasteiger partial charge on any atom is 0.253 e. The van der Waals surface area contributed by atoms with E-state index in [1.54, 1.807) is 11.9 Å². The molecule has 1 aromatic rings. The SMILES string of the molecule is CCCCN(C)C(=O)c1cc(N)nc(Cl)c1. The Kier molecular flexibility index (Phi) is 4.55. The number of nitrogens with zero attached hydrogens (tertiary/aromatic N) is 2. The quantitative estimate of drug-likeness (QED) is 0.822. The molecule has 0 aliphatic heterocycles. The first-order chi connectivity index (χ1) is 7.54. The van der Waals surface area contributed by atoms with Crippen molar-refractivity contribution < 1.29 is 4.79 Å². The number of carbonyl (C=O) groups excluding carboxylic acids is 1. The van der Waals surface area contributed by atoms with Gasteiger partial charge in [-0.05, 0) is 18.6 Å². The van der Waals surface area contributed by atoms with Gasteiger partial charge in [0.25, 0.3) is 5.91 Å². The number of hydrogen-bond donors (Lipinski definition) is 1. The standard InChI is InChI=1S/C11H16ClN3O/c1-3-4-5-15(2)11(16)8-6-9(12)14-10(13)7-8/h6-7H,3-5H2,1-2H3,(H2,13,14). The molecule has 88 valence electrons. The number of anilines is 1. The van der Waals surface area contributed by atoms with Crippen molar-refractivity contribution in [1.29, 1.82) is 0 Å². The minimum Gasteiger partial charge on any atom is -0.384 e. The van der Waals surface area contributed by atoms with Crippen molar-refractivity contribution in [3.63, 3.8) is 0 Å². The molecular weight excluding hydrogens is 226 g/mol. The topological polar surface area (TPSA) is 59.2 Å². The number of carbonyl (C=O) groups is 1. The Bertz CT molecular complexity index is 361. The lowest BCUT2D eigenvalue weighted by molar-refractivity contribution is 0.0793. The third-order valence-corrected chi connectivity index (χ3v) is 2.45. The molecule has 0 aliphatic carbocycles. The normalized spacial score (nSPS) is 10.2. The number of nitrogens with two attached hydrogens (primary N) is 1. The van der Waals surface area contributed by atoms with Crippen LogP contribution < -0.4 is 5.73 Å². The van der Waals surface area contributed by atoms with Gasteiger partial charge in [0, 0.05) is 19.2 Å². The molecule has 1 aromatic heterocycles. The van der Waals surface area contributed by atoms with Crippen LogP contribution in [0.25, 0.3) is 0 Å². The molecule has 0 unspecified atom stereocenters. The lowest BCUT2D eigenvalue weighted by atomic mass is 10.2. The first-order valence-corrected chi connectivity index (χ1v) is 5.61. The van der Waals surface area contributed by atoms with Crippen molar-refractivity contribution in [2.45, 2.75) is 19.8 Å². The average molecular weight is 242 g/mol. The summed E-state index contributed by atoms with van der Waals surface area (Å²) in [5.41, 5.74) is 6.01. The molecule has 0 saturated carbocycles. The third-order valence-electron chi connectivity index (χ3n) is 2.25. The number of pyridine rings is 1. The lowest BCUT2D eigenvalue weighted by Crippen LogP contribution is -2.27. The highest BCUT2D eigenvalue weighted by molar-refractivity contribution is 6.29. The Morgan fingerprint density at radius 3 is 2.81 bits per heavy atom. The predicted octanol–water partition coefficient (Wildman–Crippen LogP) is 2.19. The molecule has 1 rings (SSSR count). The molecule has 0 fully saturated rings. The molecule has 16 heavy (non-hydrogen) atoms. The van der Waals surface area contributed by atoms with Crippen LogP contribution in [0.2, 0.25) is 5.15 Å². The summed E-state index contributed by atoms with van der Waals surface area (Å²) in [6.07, 6.45) is 2.04. The van der Waals surface area contributed by atoms with E-state index in [2.05, 4.69) is 11.9 Å². The van der Waals surface area contributed by atoms with Gasteiger partial charge in [0.1, 0.15) is 11.0 Å². The van der Waals surface area contributed by atoms with Gasteiger partial charge in [-0.3, -0.25) is 4.79 Å². The van der Waals surface area contributed by atoms with Crippen LogP contribution in [0.15, 0.2) is 12.1 Å². The zero-order valence-electron chi connectivity index (χ0n) is 9.53. The smallest absolute Gasteiger partial charge is 0.253 e. The Labute approximate surface area is 100 Å². The number of hydrogen-bond acceptors (Lipinski definition) is 3. The molecule has 0 aliphatic rings. The van der Waals surface area contributed by atoms with Gasteiger partial charge in [-0.2, -0.15) is 0 Å². The maximum absolute atomic E-state index is 11.9. The van der Waals surface area contributed by atoms with Gasteiger partial charge >= 0.3 is 0 Å². The molecule has 0 atom stereocenters. The fraction of sp³-hybridized carbons (Fsp3) is 0.455. The monoisotopic (exact) mass is 241 g/mol. The van der Waals surface area contributed by atoms with Gasteiger partial charge in [0.2, 0.25) is 0 Å². The summed E-state index contributed by atoms with van der Waals surface area (Å²) in [6.45, 7) is 2.81. The molecule has 0 saturated heterocycles. The first kappa shape index (κ1) is 12.8. The van der Waals surface area contributed by atoms with Gasteiger partial charge in [-0.15, -0.1) is 0 Å². The lowest BCUT2D eigenvalue weighted by Gasteiger charge is -2.16. The highest BCUT2D eigenvalue weighted by Crippen LogP contribution is 2.13. The molecule has 2 N–H and O–H groups in total. The summed E-state index contributed by atoms with van der Waals surface area (Å²) in [4.78, 5) is 17.4. The number of amides is 1. The van der Waals surface area contributed by atoms with Crippen LogP contribution in [0.4, 0.5) is 5.82 Å². The van der Waals surface area contributed by atoms with E-state index in [0.29, 0.717) is 5.56 Å². The average Bonchev–Trinajstić information content (AvgIpc) is 2.23. The van der Waals surface area contributed by atoms with Crippen molar-refractivity contribution in [3.05, 3.63) is 22.8 Å². The molecule has 0 radical (unpaired) electrons. The summed E-state index contributed by atoms with van der Waals surface area (Å²) in [7, 11) is 1.77. The zero-order chi connectivity index (χ0) is 12.1. The van der Waals surface area contributed by atoms with E-state index in [1.807, 2.05) is 0 Å². The molecule has 0 aromatic carbocycles. The van der Waals surface area contributed by atoms with Crippen molar-refractivity contribution in [3.8, 4) is 0 Å². The Morgan fingerprint density at radius 2 is 2.25 bits per heavy atom. The summed E-state index contributed by atoms with van der Waals surface area (Å²) < 4.78 is 0. The fourth-order valence-electron chi connectivity index (χ4n) is 1.36. The number of rotatable bonds is 4. The number of unbranched alkanes of at least 4 members (excludes halogenated alkanes) is 1. The molecule has 1 heterocycles. The van der Waals surface area contributed by atoms with E-state index in [0.717, 1.165) is 19.4 Å². The first-order valence-electron chi connectivity index (χ1n) is 5.23. The van der Waals surface area contributed by atoms with E-state index in [1.165, 1.54) is 12.1 Å². The van der Waals surface area contributed by atoms with E-state index < -0.39 is 0 Å². The van der Waals surface area contributed by atoms with Gasteiger partial charge in [-0.1, -0.05) is 24.9 Å². The van der Waals surface area contributed by atoms with Crippen LogP contribution in [-0.4, -0.2) is 29.4 Å². The van der Waals surface area contributed by atoms with Gasteiger partial charge in [0.15, 0.2) is 0 Å². The van der Waals surface area contributed by atoms with Crippen LogP contribution in [-0.2, 0) is 0 Å². The van der Waals surface area contributed by atoms with Gasteiger partial charge in [-0.25, -0.2) is 4.98 Å². The summed E-state index contributed by atoms with van der Waals surface area (Å²) in [5.74, 6) is 0.184. The third kappa shape index (κ3) is 3.38. The minimum absolute atomic E-state index is 0.0792. The second kappa shape index (κ2) is 5.70. The minimum atomic E-state index is -0.0792. The van der Waals surface area contributed by atoms with E-state index >= 15 is 0 Å². The zero-order valence-corrected chi connectivity index (χ0v) is 10.3. The van der Waals surface area contributed by atoms with E-state index in [-0.39, 0.29) is 16.9 Å². The summed E-state index contributed by atoms with van der Waals surface area (Å²) in [6, 6.07) is 3.07. The number of halogens is 1. The predicted molar refractivity (Wildman–Crippen MR) is 65.5 cm³/mol. The van der Waals surface area contributed by atoms with Crippen LogP contribution in [0.5, 0.6) is 0 Å². The second-order valence-electron chi connectivity index (χ2n) is 3.68. The fourth-order valence-corrected chi connectivity index (χ4v) is 1.57. The molecule has 0 bridgehead atoms.